The van der Waals surface area contributed by atoms with E-state index in [2.05, 4.69) is 33.9 Å². The van der Waals surface area contributed by atoms with Gasteiger partial charge in [-0.05, 0) is 43.5 Å². The van der Waals surface area contributed by atoms with Crippen LogP contribution in [0.15, 0.2) is 36.5 Å². The van der Waals surface area contributed by atoms with E-state index in [1.807, 2.05) is 6.07 Å². The van der Waals surface area contributed by atoms with E-state index in [9.17, 15) is 4.79 Å². The molecule has 3 aromatic rings. The molecule has 6 heteroatoms. The Morgan fingerprint density at radius 1 is 1.36 bits per heavy atom. The van der Waals surface area contributed by atoms with Gasteiger partial charge in [-0.2, -0.15) is 0 Å². The van der Waals surface area contributed by atoms with E-state index in [4.69, 9.17) is 10.7 Å². The van der Waals surface area contributed by atoms with Crippen LogP contribution >= 0.6 is 0 Å². The van der Waals surface area contributed by atoms with E-state index in [1.165, 1.54) is 5.56 Å². The zero-order chi connectivity index (χ0) is 17.4. The number of nitrogens with zero attached hydrogens (tertiary/aromatic N) is 3. The highest BCUT2D eigenvalue weighted by Crippen LogP contribution is 2.29. The van der Waals surface area contributed by atoms with Crippen LogP contribution in [0.2, 0.25) is 0 Å². The number of anilines is 1. The van der Waals surface area contributed by atoms with Crippen molar-refractivity contribution < 1.29 is 4.79 Å². The summed E-state index contributed by atoms with van der Waals surface area (Å²) in [6.07, 6.45) is 3.79. The summed E-state index contributed by atoms with van der Waals surface area (Å²) in [6.45, 7) is 3.83. The van der Waals surface area contributed by atoms with Gasteiger partial charge in [0.25, 0.3) is 0 Å². The van der Waals surface area contributed by atoms with Gasteiger partial charge in [0.15, 0.2) is 0 Å². The molecule has 0 saturated carbocycles. The first-order chi connectivity index (χ1) is 12.1. The van der Waals surface area contributed by atoms with Gasteiger partial charge in [0, 0.05) is 30.8 Å². The molecule has 1 amide bonds. The zero-order valence-corrected chi connectivity index (χ0v) is 14.2. The second-order valence-corrected chi connectivity index (χ2v) is 6.65. The first-order valence-corrected chi connectivity index (χ1v) is 8.58. The lowest BCUT2D eigenvalue weighted by molar-refractivity contribution is 0.1000. The molecule has 0 bridgehead atoms. The number of hydrogen-bond acceptors (Lipinski definition) is 4. The van der Waals surface area contributed by atoms with Gasteiger partial charge in [-0.25, -0.2) is 9.97 Å². The van der Waals surface area contributed by atoms with Gasteiger partial charge >= 0.3 is 0 Å². The maximum absolute atomic E-state index is 11.4. The third-order valence-corrected chi connectivity index (χ3v) is 4.89. The SMILES string of the molecule is Cc1cccc2[nH]c(C3CCCN(c4cc(C(N)=O)ccn4)C3)nc12. The van der Waals surface area contributed by atoms with Gasteiger partial charge < -0.3 is 15.6 Å². The van der Waals surface area contributed by atoms with Crippen molar-refractivity contribution in [1.29, 1.82) is 0 Å². The van der Waals surface area contributed by atoms with Crippen molar-refractivity contribution in [2.45, 2.75) is 25.7 Å². The van der Waals surface area contributed by atoms with Crippen LogP contribution in [-0.2, 0) is 0 Å². The number of pyridine rings is 1. The molecule has 128 valence electrons. The fourth-order valence-electron chi connectivity index (χ4n) is 3.54. The number of aryl methyl sites for hydroxylation is 1. The first-order valence-electron chi connectivity index (χ1n) is 8.58. The topological polar surface area (TPSA) is 87.9 Å². The maximum atomic E-state index is 11.4. The van der Waals surface area contributed by atoms with E-state index in [1.54, 1.807) is 18.3 Å². The van der Waals surface area contributed by atoms with E-state index in [-0.39, 0.29) is 0 Å². The summed E-state index contributed by atoms with van der Waals surface area (Å²) < 4.78 is 0. The largest absolute Gasteiger partial charge is 0.366 e. The standard InChI is InChI=1S/C19H21N5O/c1-12-4-2-6-15-17(12)23-19(22-15)14-5-3-9-24(11-14)16-10-13(18(20)25)7-8-21-16/h2,4,6-8,10,14H,3,5,9,11H2,1H3,(H2,20,25)(H,22,23). The molecule has 2 aromatic heterocycles. The minimum Gasteiger partial charge on any atom is -0.366 e. The molecule has 6 nitrogen and oxygen atoms in total. The number of rotatable bonds is 3. The van der Waals surface area contributed by atoms with Crippen molar-refractivity contribution in [3.63, 3.8) is 0 Å². The number of amides is 1. The van der Waals surface area contributed by atoms with Crippen molar-refractivity contribution in [3.8, 4) is 0 Å². The van der Waals surface area contributed by atoms with Gasteiger partial charge in [0.1, 0.15) is 11.6 Å². The minimum absolute atomic E-state index is 0.319. The van der Waals surface area contributed by atoms with Crippen LogP contribution in [0.25, 0.3) is 11.0 Å². The van der Waals surface area contributed by atoms with Crippen molar-refractivity contribution in [3.05, 3.63) is 53.5 Å². The molecule has 3 N–H and O–H groups in total. The number of benzene rings is 1. The van der Waals surface area contributed by atoms with E-state index in [0.717, 1.165) is 48.6 Å². The minimum atomic E-state index is -0.426. The Labute approximate surface area is 146 Å². The summed E-state index contributed by atoms with van der Waals surface area (Å²) >= 11 is 0. The Kier molecular flexibility index (Phi) is 3.87. The quantitative estimate of drug-likeness (QED) is 0.770. The number of aromatic amines is 1. The Morgan fingerprint density at radius 3 is 3.04 bits per heavy atom. The molecule has 0 aliphatic carbocycles. The maximum Gasteiger partial charge on any atom is 0.248 e. The monoisotopic (exact) mass is 335 g/mol. The van der Waals surface area contributed by atoms with Gasteiger partial charge in [-0.15, -0.1) is 0 Å². The van der Waals surface area contributed by atoms with Crippen molar-refractivity contribution in [1.82, 2.24) is 15.0 Å². The summed E-state index contributed by atoms with van der Waals surface area (Å²) in [5.74, 6) is 1.72. The molecular weight excluding hydrogens is 314 g/mol. The summed E-state index contributed by atoms with van der Waals surface area (Å²) in [7, 11) is 0. The van der Waals surface area contributed by atoms with Crippen LogP contribution < -0.4 is 10.6 Å². The Balaban J connectivity index is 1.61. The van der Waals surface area contributed by atoms with Crippen molar-refractivity contribution in [2.75, 3.05) is 18.0 Å². The Hall–Kier alpha value is -2.89. The third kappa shape index (κ3) is 2.95. The predicted molar refractivity (Wildman–Crippen MR) is 97.8 cm³/mol. The number of carbonyl (C=O) groups excluding carboxylic acids is 1. The number of H-pyrrole nitrogens is 1. The number of piperidine rings is 1. The van der Waals surface area contributed by atoms with Crippen LogP contribution in [0.3, 0.4) is 0 Å². The molecule has 25 heavy (non-hydrogen) atoms. The fraction of sp³-hybridized carbons (Fsp3) is 0.316. The Morgan fingerprint density at radius 2 is 2.24 bits per heavy atom. The van der Waals surface area contributed by atoms with Crippen LogP contribution in [0.4, 0.5) is 5.82 Å². The molecule has 1 unspecified atom stereocenters. The average Bonchev–Trinajstić information content (AvgIpc) is 3.08. The molecule has 4 rings (SSSR count). The molecule has 1 saturated heterocycles. The molecular formula is C19H21N5O. The lowest BCUT2D eigenvalue weighted by Crippen LogP contribution is -2.35. The van der Waals surface area contributed by atoms with E-state index >= 15 is 0 Å². The van der Waals surface area contributed by atoms with Crippen molar-refractivity contribution in [2.24, 2.45) is 5.73 Å². The van der Waals surface area contributed by atoms with Gasteiger partial charge in [0.05, 0.1) is 11.0 Å². The van der Waals surface area contributed by atoms with Crippen LogP contribution in [0.1, 0.15) is 40.5 Å². The number of carbonyl (C=O) groups is 1. The third-order valence-electron chi connectivity index (χ3n) is 4.89. The molecule has 1 atom stereocenters. The number of nitrogens with one attached hydrogen (secondary N) is 1. The smallest absolute Gasteiger partial charge is 0.248 e. The molecule has 0 spiro atoms. The summed E-state index contributed by atoms with van der Waals surface area (Å²) in [5.41, 5.74) is 9.19. The highest BCUT2D eigenvalue weighted by atomic mass is 16.1. The van der Waals surface area contributed by atoms with Crippen LogP contribution in [0.5, 0.6) is 0 Å². The fourth-order valence-corrected chi connectivity index (χ4v) is 3.54. The van der Waals surface area contributed by atoms with Gasteiger partial charge in [0.2, 0.25) is 5.91 Å². The molecule has 0 radical (unpaired) electrons. The highest BCUT2D eigenvalue weighted by Gasteiger charge is 2.25. The lowest BCUT2D eigenvalue weighted by Gasteiger charge is -2.32. The molecule has 1 fully saturated rings. The summed E-state index contributed by atoms with van der Waals surface area (Å²) in [5, 5.41) is 0. The number of para-hydroxylation sites is 1. The molecule has 1 aliphatic heterocycles. The number of aromatic nitrogens is 3. The normalized spacial score (nSPS) is 17.8. The highest BCUT2D eigenvalue weighted by molar-refractivity contribution is 5.93. The zero-order valence-electron chi connectivity index (χ0n) is 14.2. The summed E-state index contributed by atoms with van der Waals surface area (Å²) in [6, 6.07) is 9.62. The lowest BCUT2D eigenvalue weighted by atomic mass is 9.97. The number of hydrogen-bond donors (Lipinski definition) is 2. The second-order valence-electron chi connectivity index (χ2n) is 6.65. The number of fused-ring (bicyclic) bond motifs is 1. The van der Waals surface area contributed by atoms with Crippen molar-refractivity contribution >= 4 is 22.8 Å². The second kappa shape index (κ2) is 6.20. The van der Waals surface area contributed by atoms with Gasteiger partial charge in [-0.1, -0.05) is 12.1 Å². The van der Waals surface area contributed by atoms with Crippen LogP contribution in [-0.4, -0.2) is 33.9 Å². The number of imidazole rings is 1. The first kappa shape index (κ1) is 15.6. The molecule has 1 aliphatic rings. The van der Waals surface area contributed by atoms with Gasteiger partial charge in [-0.3, -0.25) is 4.79 Å². The van der Waals surface area contributed by atoms with Crippen LogP contribution in [0, 0.1) is 6.92 Å². The van der Waals surface area contributed by atoms with E-state index in [0.29, 0.717) is 11.5 Å². The molecule has 1 aromatic carbocycles. The Bertz CT molecular complexity index is 932. The average molecular weight is 335 g/mol. The summed E-state index contributed by atoms with van der Waals surface area (Å²) in [4.78, 5) is 26.3. The van der Waals surface area contributed by atoms with E-state index < -0.39 is 5.91 Å². The number of primary amides is 1. The molecule has 3 heterocycles. The predicted octanol–water partition coefficient (Wildman–Crippen LogP) is 2.75. The number of nitrogens with two attached hydrogens (primary N) is 1.